The van der Waals surface area contributed by atoms with Crippen LogP contribution in [0.2, 0.25) is 0 Å². The summed E-state index contributed by atoms with van der Waals surface area (Å²) in [5.74, 6) is -8.48. The van der Waals surface area contributed by atoms with E-state index in [-0.39, 0.29) is 61.2 Å². The second-order valence-corrected chi connectivity index (χ2v) is 20.1. The predicted octanol–water partition coefficient (Wildman–Crippen LogP) is 5.89. The molecule has 0 aromatic carbocycles. The van der Waals surface area contributed by atoms with E-state index in [2.05, 4.69) is 5.32 Å². The molecule has 68 heavy (non-hydrogen) atoms. The number of carbonyl (C=O) groups is 6. The highest BCUT2D eigenvalue weighted by Crippen LogP contribution is 2.37. The van der Waals surface area contributed by atoms with Crippen LogP contribution in [0.15, 0.2) is 47.6 Å². The van der Waals surface area contributed by atoms with Crippen LogP contribution in [-0.2, 0) is 47.7 Å². The Morgan fingerprint density at radius 1 is 0.912 bits per heavy atom. The molecule has 1 aliphatic carbocycles. The van der Waals surface area contributed by atoms with Gasteiger partial charge in [0.1, 0.15) is 18.2 Å². The number of cyclic esters (lactones) is 1. The van der Waals surface area contributed by atoms with Crippen molar-refractivity contribution in [3.63, 3.8) is 0 Å². The molecule has 16 nitrogen and oxygen atoms in total. The molecule has 1 saturated carbocycles. The number of ketones is 3. The van der Waals surface area contributed by atoms with Crippen molar-refractivity contribution in [2.45, 2.75) is 180 Å². The molecule has 16 heteroatoms. The zero-order valence-electron chi connectivity index (χ0n) is 42.0. The van der Waals surface area contributed by atoms with Crippen molar-refractivity contribution in [3.8, 4) is 0 Å². The summed E-state index contributed by atoms with van der Waals surface area (Å²) in [5.41, 5.74) is 1.01. The lowest BCUT2D eigenvalue weighted by Crippen LogP contribution is -2.61. The molecule has 4 rings (SSSR count). The molecule has 3 aliphatic heterocycles. The predicted molar refractivity (Wildman–Crippen MR) is 254 cm³/mol. The van der Waals surface area contributed by atoms with Crippen LogP contribution in [0.1, 0.15) is 126 Å². The number of aliphatic hydroxyl groups is 3. The summed E-state index contributed by atoms with van der Waals surface area (Å²) >= 11 is 0. The lowest BCUT2D eigenvalue weighted by molar-refractivity contribution is -0.264. The zero-order chi connectivity index (χ0) is 50.5. The number of methoxy groups -OCH3 is 3. The summed E-state index contributed by atoms with van der Waals surface area (Å²) in [4.78, 5) is 84.5. The molecule has 0 aromatic rings. The number of nitrogens with one attached hydrogen (secondary N) is 1. The monoisotopic (exact) mass is 957 g/mol. The highest BCUT2D eigenvalue weighted by molar-refractivity contribution is 6.39. The van der Waals surface area contributed by atoms with Gasteiger partial charge in [0, 0.05) is 44.9 Å². The third-order valence-corrected chi connectivity index (χ3v) is 14.7. The summed E-state index contributed by atoms with van der Waals surface area (Å²) in [6.45, 7) is 12.4. The Balaban J connectivity index is 1.73. The number of nitrogens with zero attached hydrogens (tertiary/aromatic N) is 1. The summed E-state index contributed by atoms with van der Waals surface area (Å²) in [6.07, 6.45) is 9.68. The van der Waals surface area contributed by atoms with E-state index in [0.29, 0.717) is 68.9 Å². The number of rotatable bonds is 6. The van der Waals surface area contributed by atoms with Gasteiger partial charge >= 0.3 is 12.1 Å². The number of allylic oxidation sites excluding steroid dienone is 6. The standard InChI is InChI=1S/C52H80N2O14/c1-30-16-12-11-13-17-31(2)39(53-51(62)66-10)28-38-21-19-36(7)52(63,68-38)48(59)49(60)54-23-15-14-18-40(54)50(61)67-43(33(4)26-37-20-22-41(55)44(27-37)64-8)29-42(56)32(3)25-35(6)46(58)47(65-9)45(57)34(5)24-30/h11-13,16-17,25,30,33-41,43-44,46-47,55,58,63H,14-15,18-24,26-29H2,1-10H3,(H,53,62)/t30-,33?,34-,35?,36-,37?,38?,39?,40+,41?,43?,44?,46?,47?,52?/m1/s1. The quantitative estimate of drug-likeness (QED) is 0.180. The van der Waals surface area contributed by atoms with Crippen LogP contribution in [-0.4, -0.2) is 138 Å². The van der Waals surface area contributed by atoms with Gasteiger partial charge in [-0.1, -0.05) is 76.6 Å². The molecule has 0 aromatic heterocycles. The number of esters is 1. The summed E-state index contributed by atoms with van der Waals surface area (Å²) < 4.78 is 28.4. The number of amides is 2. The van der Waals surface area contributed by atoms with Crippen molar-refractivity contribution >= 4 is 35.3 Å². The smallest absolute Gasteiger partial charge is 0.407 e. The summed E-state index contributed by atoms with van der Waals surface area (Å²) in [6, 6.07) is -1.83. The number of hydrogen-bond donors (Lipinski definition) is 4. The molecule has 11 unspecified atom stereocenters. The van der Waals surface area contributed by atoms with Crippen LogP contribution < -0.4 is 5.32 Å². The highest BCUT2D eigenvalue weighted by atomic mass is 16.6. The van der Waals surface area contributed by atoms with Crippen LogP contribution in [0, 0.1) is 35.5 Å². The van der Waals surface area contributed by atoms with Gasteiger partial charge in [-0.05, 0) is 108 Å². The third kappa shape index (κ3) is 15.0. The first-order valence-electron chi connectivity index (χ1n) is 24.6. The number of Topliss-reactive ketones (excluding diaryl/α,β-unsaturated/α-hetero) is 3. The molecule has 0 radical (unpaired) electrons. The van der Waals surface area contributed by atoms with E-state index >= 15 is 0 Å². The fourth-order valence-corrected chi connectivity index (χ4v) is 10.3. The first-order chi connectivity index (χ1) is 32.1. The van der Waals surface area contributed by atoms with E-state index in [4.69, 9.17) is 23.7 Å². The second kappa shape index (κ2) is 26.2. The van der Waals surface area contributed by atoms with E-state index in [1.165, 1.54) is 14.2 Å². The average molecular weight is 957 g/mol. The van der Waals surface area contributed by atoms with Gasteiger partial charge in [0.2, 0.25) is 5.79 Å². The van der Waals surface area contributed by atoms with E-state index < -0.39 is 89.9 Å². The van der Waals surface area contributed by atoms with Crippen LogP contribution in [0.3, 0.4) is 0 Å². The van der Waals surface area contributed by atoms with Crippen LogP contribution in [0.4, 0.5) is 4.79 Å². The normalized spacial score (nSPS) is 36.5. The molecule has 3 fully saturated rings. The number of hydrogen-bond acceptors (Lipinski definition) is 14. The van der Waals surface area contributed by atoms with Crippen LogP contribution in [0.25, 0.3) is 0 Å². The highest BCUT2D eigenvalue weighted by Gasteiger charge is 2.53. The Hall–Kier alpha value is -4.06. The minimum Gasteiger partial charge on any atom is -0.460 e. The van der Waals surface area contributed by atoms with Crippen LogP contribution >= 0.6 is 0 Å². The van der Waals surface area contributed by atoms with Crippen LogP contribution in [0.5, 0.6) is 0 Å². The lowest BCUT2D eigenvalue weighted by atomic mass is 9.78. The van der Waals surface area contributed by atoms with Crippen molar-refractivity contribution in [2.24, 2.45) is 35.5 Å². The number of alkyl carbamates (subject to hydrolysis) is 1. The molecular weight excluding hydrogens is 877 g/mol. The molecule has 3 heterocycles. The first-order valence-corrected chi connectivity index (χ1v) is 24.6. The molecule has 4 aliphatic rings. The third-order valence-electron chi connectivity index (χ3n) is 14.7. The lowest BCUT2D eigenvalue weighted by Gasteiger charge is -2.43. The molecular formula is C52H80N2O14. The van der Waals surface area contributed by atoms with Gasteiger partial charge in [-0.2, -0.15) is 0 Å². The van der Waals surface area contributed by atoms with E-state index in [9.17, 15) is 44.1 Å². The SMILES string of the molecule is COC(=O)NC1CC2CC[C@@H](C)C(O)(O2)C(=O)C(=O)N2CCCC[C@H]2C(=O)OC(C(C)CC2CCC(O)C(OC)C2)CC(=O)C(C)=CC(C)C(O)C(OC)C(=O)[C@H](C)C[C@H](C)C=CC=CC=C1C. The number of fused-ring (bicyclic) bond motifs is 3. The maximum atomic E-state index is 14.4. The largest absolute Gasteiger partial charge is 0.460 e. The number of aliphatic hydroxyl groups excluding tert-OH is 2. The van der Waals surface area contributed by atoms with Gasteiger partial charge in [0.05, 0.1) is 37.6 Å². The van der Waals surface area contributed by atoms with Crippen molar-refractivity contribution in [1.82, 2.24) is 10.2 Å². The molecule has 2 amide bonds. The van der Waals surface area contributed by atoms with Crippen molar-refractivity contribution in [3.05, 3.63) is 47.6 Å². The number of carbonyl (C=O) groups excluding carboxylic acids is 6. The molecule has 2 bridgehead atoms. The Morgan fingerprint density at radius 2 is 1.63 bits per heavy atom. The Morgan fingerprint density at radius 3 is 2.31 bits per heavy atom. The average Bonchev–Trinajstić information content (AvgIpc) is 3.31. The first kappa shape index (κ1) is 56.5. The Bertz CT molecular complexity index is 1880. The van der Waals surface area contributed by atoms with Crippen molar-refractivity contribution in [2.75, 3.05) is 27.9 Å². The zero-order valence-corrected chi connectivity index (χ0v) is 42.0. The number of piperidine rings is 1. The fourth-order valence-electron chi connectivity index (χ4n) is 10.3. The molecule has 2 saturated heterocycles. The molecule has 0 spiro atoms. The maximum absolute atomic E-state index is 14.4. The van der Waals surface area contributed by atoms with Gasteiger partial charge in [-0.3, -0.25) is 19.2 Å². The van der Waals surface area contributed by atoms with Crippen molar-refractivity contribution in [1.29, 1.82) is 0 Å². The minimum atomic E-state index is -2.53. The summed E-state index contributed by atoms with van der Waals surface area (Å²) in [7, 11) is 4.16. The van der Waals surface area contributed by atoms with Gasteiger partial charge in [-0.15, -0.1) is 0 Å². The second-order valence-electron chi connectivity index (χ2n) is 20.1. The van der Waals surface area contributed by atoms with Gasteiger partial charge < -0.3 is 49.2 Å². The van der Waals surface area contributed by atoms with Crippen molar-refractivity contribution < 1.29 is 67.8 Å². The maximum Gasteiger partial charge on any atom is 0.407 e. The van der Waals surface area contributed by atoms with E-state index in [0.717, 1.165) is 4.90 Å². The fraction of sp³-hybridized carbons (Fsp3) is 0.731. The Kier molecular flexibility index (Phi) is 21.8. The Labute approximate surface area is 403 Å². The topological polar surface area (TPSA) is 225 Å². The minimum absolute atomic E-state index is 0.0317. The van der Waals surface area contributed by atoms with E-state index in [1.54, 1.807) is 53.0 Å². The summed E-state index contributed by atoms with van der Waals surface area (Å²) in [5, 5.41) is 36.8. The van der Waals surface area contributed by atoms with E-state index in [1.807, 2.05) is 39.0 Å². The van der Waals surface area contributed by atoms with Gasteiger partial charge in [0.15, 0.2) is 11.6 Å². The van der Waals surface area contributed by atoms with Gasteiger partial charge in [-0.25, -0.2) is 9.59 Å². The molecule has 15 atom stereocenters. The molecule has 4 N–H and O–H groups in total. The number of ether oxygens (including phenoxy) is 5. The van der Waals surface area contributed by atoms with Gasteiger partial charge in [0.25, 0.3) is 11.7 Å². The molecule has 382 valence electrons.